The fourth-order valence-electron chi connectivity index (χ4n) is 4.70. The lowest BCUT2D eigenvalue weighted by Gasteiger charge is -2.36. The molecule has 3 amide bonds. The standard InChI is InChI=1S/C24H35N3O4/c1-17(28)25-21(16-19-10-6-7-11-22(19)31-2)23(29)26-20-12-14-27(15-13-20)24(30)18-8-4-3-5-9-18/h6-7,10-11,18,20-21H,3-5,8-9,12-16H2,1-2H3,(H,25,28)(H,26,29). The highest BCUT2D eigenvalue weighted by atomic mass is 16.5. The number of amides is 3. The molecule has 7 nitrogen and oxygen atoms in total. The molecule has 1 aliphatic heterocycles. The minimum atomic E-state index is -0.671. The Morgan fingerprint density at radius 2 is 1.74 bits per heavy atom. The Balaban J connectivity index is 1.54. The third-order valence-corrected chi connectivity index (χ3v) is 6.42. The van der Waals surface area contributed by atoms with E-state index in [9.17, 15) is 14.4 Å². The van der Waals surface area contributed by atoms with Gasteiger partial charge in [-0.25, -0.2) is 0 Å². The number of carbonyl (C=O) groups excluding carboxylic acids is 3. The van der Waals surface area contributed by atoms with E-state index in [2.05, 4.69) is 10.6 Å². The van der Waals surface area contributed by atoms with Crippen LogP contribution in [0.5, 0.6) is 5.75 Å². The summed E-state index contributed by atoms with van der Waals surface area (Å²) in [5.74, 6) is 0.725. The molecule has 1 aromatic carbocycles. The van der Waals surface area contributed by atoms with Crippen LogP contribution < -0.4 is 15.4 Å². The van der Waals surface area contributed by atoms with Crippen molar-refractivity contribution in [3.8, 4) is 5.75 Å². The van der Waals surface area contributed by atoms with Gasteiger partial charge in [0.2, 0.25) is 17.7 Å². The van der Waals surface area contributed by atoms with E-state index in [1.54, 1.807) is 7.11 Å². The summed E-state index contributed by atoms with van der Waals surface area (Å²) >= 11 is 0. The number of hydrogen-bond donors (Lipinski definition) is 2. The van der Waals surface area contributed by atoms with Crippen molar-refractivity contribution in [2.24, 2.45) is 5.92 Å². The Morgan fingerprint density at radius 1 is 1.06 bits per heavy atom. The van der Waals surface area contributed by atoms with Gasteiger partial charge in [-0.3, -0.25) is 14.4 Å². The van der Waals surface area contributed by atoms with E-state index in [0.29, 0.717) is 25.3 Å². The maximum Gasteiger partial charge on any atom is 0.243 e. The maximum atomic E-state index is 13.0. The molecule has 1 unspecified atom stereocenters. The van der Waals surface area contributed by atoms with Gasteiger partial charge in [0.15, 0.2) is 0 Å². The molecule has 1 atom stereocenters. The van der Waals surface area contributed by atoms with E-state index in [4.69, 9.17) is 4.74 Å². The fourth-order valence-corrected chi connectivity index (χ4v) is 4.70. The van der Waals surface area contributed by atoms with Crippen molar-refractivity contribution in [3.63, 3.8) is 0 Å². The molecule has 1 heterocycles. The largest absolute Gasteiger partial charge is 0.496 e. The molecule has 2 aliphatic rings. The molecule has 0 radical (unpaired) electrons. The van der Waals surface area contributed by atoms with E-state index in [0.717, 1.165) is 44.1 Å². The number of ether oxygens (including phenoxy) is 1. The van der Waals surface area contributed by atoms with Crippen LogP contribution >= 0.6 is 0 Å². The molecule has 170 valence electrons. The van der Waals surface area contributed by atoms with E-state index in [1.807, 2.05) is 29.2 Å². The summed E-state index contributed by atoms with van der Waals surface area (Å²) in [5.41, 5.74) is 0.867. The Kier molecular flexibility index (Phi) is 8.32. The molecule has 0 aromatic heterocycles. The van der Waals surface area contributed by atoms with Crippen LogP contribution in [-0.2, 0) is 20.8 Å². The number of methoxy groups -OCH3 is 1. The molecule has 0 spiro atoms. The first-order chi connectivity index (χ1) is 15.0. The van der Waals surface area contributed by atoms with Crippen LogP contribution in [0.15, 0.2) is 24.3 Å². The van der Waals surface area contributed by atoms with Crippen LogP contribution in [0.3, 0.4) is 0 Å². The minimum absolute atomic E-state index is 0.0110. The summed E-state index contributed by atoms with van der Waals surface area (Å²) in [7, 11) is 1.59. The number of nitrogens with zero attached hydrogens (tertiary/aromatic N) is 1. The van der Waals surface area contributed by atoms with E-state index in [-0.39, 0.29) is 29.7 Å². The smallest absolute Gasteiger partial charge is 0.243 e. The number of para-hydroxylation sites is 1. The Labute approximate surface area is 184 Å². The Hall–Kier alpha value is -2.57. The first kappa shape index (κ1) is 23.1. The second kappa shape index (κ2) is 11.2. The van der Waals surface area contributed by atoms with E-state index < -0.39 is 6.04 Å². The molecule has 7 heteroatoms. The number of rotatable bonds is 7. The van der Waals surface area contributed by atoms with Gasteiger partial charge in [0, 0.05) is 38.4 Å². The summed E-state index contributed by atoms with van der Waals surface area (Å²) in [5, 5.41) is 5.86. The second-order valence-corrected chi connectivity index (χ2v) is 8.71. The van der Waals surface area contributed by atoms with Crippen molar-refractivity contribution in [1.82, 2.24) is 15.5 Å². The van der Waals surface area contributed by atoms with E-state index >= 15 is 0 Å². The highest BCUT2D eigenvalue weighted by Crippen LogP contribution is 2.26. The number of likely N-dealkylation sites (tertiary alicyclic amines) is 1. The normalized spacial score (nSPS) is 18.8. The predicted molar refractivity (Wildman–Crippen MR) is 119 cm³/mol. The van der Waals surface area contributed by atoms with Gasteiger partial charge in [-0.2, -0.15) is 0 Å². The number of carbonyl (C=O) groups is 3. The second-order valence-electron chi connectivity index (χ2n) is 8.71. The molecule has 1 aromatic rings. The van der Waals surface area contributed by atoms with Gasteiger partial charge in [0.05, 0.1) is 7.11 Å². The first-order valence-electron chi connectivity index (χ1n) is 11.5. The summed E-state index contributed by atoms with van der Waals surface area (Å²) in [6, 6.07) is 6.85. The maximum absolute atomic E-state index is 13.0. The van der Waals surface area contributed by atoms with Gasteiger partial charge in [-0.1, -0.05) is 37.5 Å². The third-order valence-electron chi connectivity index (χ3n) is 6.42. The zero-order valence-electron chi connectivity index (χ0n) is 18.7. The number of piperidine rings is 1. The molecule has 2 fully saturated rings. The Morgan fingerprint density at radius 3 is 2.39 bits per heavy atom. The zero-order valence-corrected chi connectivity index (χ0v) is 18.7. The van der Waals surface area contributed by atoms with Gasteiger partial charge >= 0.3 is 0 Å². The molecule has 1 saturated heterocycles. The van der Waals surface area contributed by atoms with Crippen LogP contribution in [0.1, 0.15) is 57.4 Å². The molecule has 3 rings (SSSR count). The highest BCUT2D eigenvalue weighted by molar-refractivity contribution is 5.87. The van der Waals surface area contributed by atoms with Gasteiger partial charge in [0.25, 0.3) is 0 Å². The first-order valence-corrected chi connectivity index (χ1v) is 11.5. The van der Waals surface area contributed by atoms with Crippen LogP contribution in [0.25, 0.3) is 0 Å². The quantitative estimate of drug-likeness (QED) is 0.697. The predicted octanol–water partition coefficient (Wildman–Crippen LogP) is 2.43. The van der Waals surface area contributed by atoms with Gasteiger partial charge in [-0.05, 0) is 37.3 Å². The lowest BCUT2D eigenvalue weighted by molar-refractivity contribution is -0.138. The van der Waals surface area contributed by atoms with Gasteiger partial charge < -0.3 is 20.3 Å². The number of benzene rings is 1. The number of nitrogens with one attached hydrogen (secondary N) is 2. The molecule has 31 heavy (non-hydrogen) atoms. The van der Waals surface area contributed by atoms with Crippen molar-refractivity contribution >= 4 is 17.7 Å². The van der Waals surface area contributed by atoms with Gasteiger partial charge in [0.1, 0.15) is 11.8 Å². The van der Waals surface area contributed by atoms with Crippen molar-refractivity contribution in [2.75, 3.05) is 20.2 Å². The zero-order chi connectivity index (χ0) is 22.2. The van der Waals surface area contributed by atoms with Crippen molar-refractivity contribution in [1.29, 1.82) is 0 Å². The molecule has 2 N–H and O–H groups in total. The topological polar surface area (TPSA) is 87.7 Å². The lowest BCUT2D eigenvalue weighted by Crippen LogP contribution is -2.53. The van der Waals surface area contributed by atoms with Crippen molar-refractivity contribution in [2.45, 2.75) is 70.4 Å². The molecule has 1 saturated carbocycles. The molecule has 0 bridgehead atoms. The SMILES string of the molecule is COc1ccccc1CC(NC(C)=O)C(=O)NC1CCN(C(=O)C2CCCCC2)CC1. The lowest BCUT2D eigenvalue weighted by atomic mass is 9.87. The summed E-state index contributed by atoms with van der Waals surface area (Å²) in [6.07, 6.45) is 7.40. The van der Waals surface area contributed by atoms with Crippen molar-refractivity contribution in [3.05, 3.63) is 29.8 Å². The van der Waals surface area contributed by atoms with Crippen LogP contribution in [0.2, 0.25) is 0 Å². The molecular formula is C24H35N3O4. The average Bonchev–Trinajstić information content (AvgIpc) is 2.79. The third kappa shape index (κ3) is 6.45. The average molecular weight is 430 g/mol. The van der Waals surface area contributed by atoms with Crippen molar-refractivity contribution < 1.29 is 19.1 Å². The fraction of sp³-hybridized carbons (Fsp3) is 0.625. The molecular weight excluding hydrogens is 394 g/mol. The number of hydrogen-bond acceptors (Lipinski definition) is 4. The molecule has 1 aliphatic carbocycles. The summed E-state index contributed by atoms with van der Waals surface area (Å²) in [6.45, 7) is 2.77. The summed E-state index contributed by atoms with van der Waals surface area (Å²) in [4.78, 5) is 39.4. The van der Waals surface area contributed by atoms with Crippen LogP contribution in [0.4, 0.5) is 0 Å². The van der Waals surface area contributed by atoms with Crippen LogP contribution in [-0.4, -0.2) is 54.9 Å². The van der Waals surface area contributed by atoms with Gasteiger partial charge in [-0.15, -0.1) is 0 Å². The monoisotopic (exact) mass is 429 g/mol. The van der Waals surface area contributed by atoms with Crippen LogP contribution in [0, 0.1) is 5.92 Å². The Bertz CT molecular complexity index is 768. The minimum Gasteiger partial charge on any atom is -0.496 e. The van der Waals surface area contributed by atoms with E-state index in [1.165, 1.54) is 13.3 Å². The highest BCUT2D eigenvalue weighted by Gasteiger charge is 2.31. The summed E-state index contributed by atoms with van der Waals surface area (Å²) < 4.78 is 5.38.